The molecule has 2 aromatic carbocycles. The third-order valence-electron chi connectivity index (χ3n) is 6.84. The summed E-state index contributed by atoms with van der Waals surface area (Å²) in [7, 11) is 3.02. The number of rotatable bonds is 7. The Morgan fingerprint density at radius 2 is 1.73 bits per heavy atom. The van der Waals surface area contributed by atoms with E-state index in [-0.39, 0.29) is 17.9 Å². The summed E-state index contributed by atoms with van der Waals surface area (Å²) in [6.07, 6.45) is 0. The van der Waals surface area contributed by atoms with Crippen molar-refractivity contribution < 1.29 is 38.4 Å². The molecule has 2 aromatic rings. The predicted octanol–water partition coefficient (Wildman–Crippen LogP) is 2.23. The summed E-state index contributed by atoms with van der Waals surface area (Å²) in [5, 5.41) is 11.5. The van der Waals surface area contributed by atoms with Crippen LogP contribution in [0, 0.1) is 0 Å². The Bertz CT molecular complexity index is 1220. The highest BCUT2D eigenvalue weighted by Gasteiger charge is 2.47. The van der Waals surface area contributed by atoms with Gasteiger partial charge in [-0.05, 0) is 24.3 Å². The number of nitrogens with zero attached hydrogens (tertiary/aromatic N) is 2. The number of hydrogen-bond donors (Lipinski definition) is 1. The number of Topliss-reactive ketones (excluding diaryl/α,β-unsaturated/α-hetero) is 1. The maximum absolute atomic E-state index is 13.4. The van der Waals surface area contributed by atoms with Crippen LogP contribution in [-0.4, -0.2) is 93.4 Å². The van der Waals surface area contributed by atoms with Gasteiger partial charge in [-0.1, -0.05) is 12.1 Å². The van der Waals surface area contributed by atoms with E-state index in [0.29, 0.717) is 67.1 Å². The van der Waals surface area contributed by atoms with Crippen LogP contribution in [0.1, 0.15) is 17.2 Å². The lowest BCUT2D eigenvalue weighted by atomic mass is 9.94. The van der Waals surface area contributed by atoms with Gasteiger partial charge in [-0.3, -0.25) is 14.5 Å². The number of hydrogen-bond acceptors (Lipinski definition) is 9. The number of ketones is 1. The largest absolute Gasteiger partial charge is 0.507 e. The average molecular weight is 511 g/mol. The molecule has 0 spiro atoms. The Hall–Kier alpha value is -3.76. The van der Waals surface area contributed by atoms with Crippen LogP contribution in [0.5, 0.6) is 23.0 Å². The van der Waals surface area contributed by atoms with E-state index in [1.54, 1.807) is 36.4 Å². The molecular formula is C27H30N2O8. The first-order valence-electron chi connectivity index (χ1n) is 12.2. The molecule has 10 nitrogen and oxygen atoms in total. The van der Waals surface area contributed by atoms with E-state index in [4.69, 9.17) is 23.7 Å². The lowest BCUT2D eigenvalue weighted by Gasteiger charge is -2.31. The molecule has 1 N–H and O–H groups in total. The van der Waals surface area contributed by atoms with Crippen LogP contribution in [0.25, 0.3) is 5.76 Å². The van der Waals surface area contributed by atoms with Gasteiger partial charge in [-0.2, -0.15) is 0 Å². The fourth-order valence-corrected chi connectivity index (χ4v) is 4.98. The number of amides is 1. The summed E-state index contributed by atoms with van der Waals surface area (Å²) >= 11 is 0. The Labute approximate surface area is 214 Å². The molecular weight excluding hydrogens is 480 g/mol. The molecule has 0 bridgehead atoms. The van der Waals surface area contributed by atoms with Gasteiger partial charge in [0.15, 0.2) is 23.0 Å². The Balaban J connectivity index is 1.60. The lowest BCUT2D eigenvalue weighted by molar-refractivity contribution is -0.140. The van der Waals surface area contributed by atoms with E-state index in [2.05, 4.69) is 4.90 Å². The van der Waals surface area contributed by atoms with Gasteiger partial charge in [-0.25, -0.2) is 0 Å². The molecule has 10 heteroatoms. The molecule has 0 saturated carbocycles. The molecule has 0 aliphatic carbocycles. The van der Waals surface area contributed by atoms with Gasteiger partial charge >= 0.3 is 0 Å². The third kappa shape index (κ3) is 4.70. The molecule has 37 heavy (non-hydrogen) atoms. The van der Waals surface area contributed by atoms with E-state index in [1.165, 1.54) is 19.1 Å². The summed E-state index contributed by atoms with van der Waals surface area (Å²) in [6.45, 7) is 4.39. The molecule has 3 heterocycles. The fraction of sp³-hybridized carbons (Fsp3) is 0.407. The van der Waals surface area contributed by atoms with Gasteiger partial charge in [-0.15, -0.1) is 0 Å². The first-order chi connectivity index (χ1) is 18.0. The normalized spacial score (nSPS) is 21.2. The quantitative estimate of drug-likeness (QED) is 0.341. The van der Waals surface area contributed by atoms with Crippen molar-refractivity contribution >= 4 is 17.4 Å². The maximum Gasteiger partial charge on any atom is 0.295 e. The van der Waals surface area contributed by atoms with Crippen LogP contribution in [0.15, 0.2) is 42.0 Å². The first-order valence-corrected chi connectivity index (χ1v) is 12.2. The van der Waals surface area contributed by atoms with Crippen LogP contribution < -0.4 is 18.9 Å². The maximum atomic E-state index is 13.4. The van der Waals surface area contributed by atoms with E-state index in [1.807, 2.05) is 0 Å². The second-order valence-electron chi connectivity index (χ2n) is 8.89. The highest BCUT2D eigenvalue weighted by Crippen LogP contribution is 2.46. The van der Waals surface area contributed by atoms with Crippen molar-refractivity contribution in [1.82, 2.24) is 9.80 Å². The second kappa shape index (κ2) is 10.7. The summed E-state index contributed by atoms with van der Waals surface area (Å²) in [6, 6.07) is 9.34. The van der Waals surface area contributed by atoms with Crippen LogP contribution in [0.4, 0.5) is 0 Å². The molecule has 2 fully saturated rings. The number of ether oxygens (including phenoxy) is 5. The van der Waals surface area contributed by atoms with Crippen LogP contribution in [0.2, 0.25) is 0 Å². The van der Waals surface area contributed by atoms with Crippen molar-refractivity contribution in [1.29, 1.82) is 0 Å². The van der Waals surface area contributed by atoms with Gasteiger partial charge in [0.05, 0.1) is 39.0 Å². The fourth-order valence-electron chi connectivity index (χ4n) is 4.98. The van der Waals surface area contributed by atoms with Crippen molar-refractivity contribution in [2.45, 2.75) is 6.04 Å². The number of likely N-dealkylation sites (tertiary alicyclic amines) is 1. The lowest BCUT2D eigenvalue weighted by Crippen LogP contribution is -2.42. The predicted molar refractivity (Wildman–Crippen MR) is 133 cm³/mol. The molecule has 0 radical (unpaired) electrons. The molecule has 196 valence electrons. The molecule has 1 amide bonds. The number of methoxy groups -OCH3 is 2. The number of carbonyl (C=O) groups is 2. The number of fused-ring (bicyclic) bond motifs is 1. The number of aliphatic hydroxyl groups is 1. The molecule has 1 unspecified atom stereocenters. The zero-order valence-electron chi connectivity index (χ0n) is 20.9. The number of morpholine rings is 1. The number of para-hydroxylation sites is 1. The summed E-state index contributed by atoms with van der Waals surface area (Å²) < 4.78 is 27.8. The van der Waals surface area contributed by atoms with Crippen molar-refractivity contribution in [3.8, 4) is 23.0 Å². The minimum absolute atomic E-state index is 0.0183. The zero-order chi connectivity index (χ0) is 25.9. The number of benzene rings is 2. The van der Waals surface area contributed by atoms with Crippen molar-refractivity contribution in [2.75, 3.05) is 66.8 Å². The van der Waals surface area contributed by atoms with Crippen molar-refractivity contribution in [3.05, 3.63) is 53.1 Å². The van der Waals surface area contributed by atoms with Crippen molar-refractivity contribution in [3.63, 3.8) is 0 Å². The molecule has 3 aliphatic rings. The van der Waals surface area contributed by atoms with Gasteiger partial charge in [0.1, 0.15) is 19.0 Å². The van der Waals surface area contributed by atoms with E-state index >= 15 is 0 Å². The summed E-state index contributed by atoms with van der Waals surface area (Å²) in [5.74, 6) is 0.136. The molecule has 3 aliphatic heterocycles. The van der Waals surface area contributed by atoms with Crippen LogP contribution in [-0.2, 0) is 14.3 Å². The minimum Gasteiger partial charge on any atom is -0.507 e. The number of carbonyl (C=O) groups excluding carboxylic acids is 2. The average Bonchev–Trinajstić information content (AvgIpc) is 3.20. The van der Waals surface area contributed by atoms with Crippen LogP contribution >= 0.6 is 0 Å². The Morgan fingerprint density at radius 3 is 2.46 bits per heavy atom. The smallest absolute Gasteiger partial charge is 0.295 e. The second-order valence-corrected chi connectivity index (χ2v) is 8.89. The summed E-state index contributed by atoms with van der Waals surface area (Å²) in [5.41, 5.74) is 0.875. The third-order valence-corrected chi connectivity index (χ3v) is 6.84. The zero-order valence-corrected chi connectivity index (χ0v) is 20.9. The first kappa shape index (κ1) is 24.9. The summed E-state index contributed by atoms with van der Waals surface area (Å²) in [4.78, 5) is 30.5. The standard InChI is InChI=1S/C27H30N2O8/c1-33-20-5-3-4-18(26(20)34-2)23-22(24(30)17-6-7-19-21(16-17)37-15-14-36-19)25(31)27(32)29(23)9-8-28-10-12-35-13-11-28/h3-7,16,23,30H,8-15H2,1-2H3. The molecule has 1 atom stereocenters. The van der Waals surface area contributed by atoms with Gasteiger partial charge < -0.3 is 33.7 Å². The SMILES string of the molecule is COc1cccc(C2C(=C(O)c3ccc4c(c3)OCCO4)C(=O)C(=O)N2CCN2CCOCC2)c1OC. The minimum atomic E-state index is -0.876. The highest BCUT2D eigenvalue weighted by molar-refractivity contribution is 6.46. The van der Waals surface area contributed by atoms with E-state index < -0.39 is 17.7 Å². The van der Waals surface area contributed by atoms with E-state index in [9.17, 15) is 14.7 Å². The monoisotopic (exact) mass is 510 g/mol. The van der Waals surface area contributed by atoms with Crippen molar-refractivity contribution in [2.24, 2.45) is 0 Å². The molecule has 5 rings (SSSR count). The molecule has 2 saturated heterocycles. The Kier molecular flexibility index (Phi) is 7.20. The van der Waals surface area contributed by atoms with E-state index in [0.717, 1.165) is 13.1 Å². The molecule has 0 aromatic heterocycles. The topological polar surface area (TPSA) is 107 Å². The van der Waals surface area contributed by atoms with Gasteiger partial charge in [0, 0.05) is 37.3 Å². The Morgan fingerprint density at radius 1 is 0.973 bits per heavy atom. The van der Waals surface area contributed by atoms with Gasteiger partial charge in [0.25, 0.3) is 11.7 Å². The van der Waals surface area contributed by atoms with Crippen LogP contribution in [0.3, 0.4) is 0 Å². The highest BCUT2D eigenvalue weighted by atomic mass is 16.6. The number of aliphatic hydroxyl groups excluding tert-OH is 1. The van der Waals surface area contributed by atoms with Gasteiger partial charge in [0.2, 0.25) is 0 Å².